The summed E-state index contributed by atoms with van der Waals surface area (Å²) in [6.07, 6.45) is 0. The van der Waals surface area contributed by atoms with E-state index in [4.69, 9.17) is 9.84 Å². The van der Waals surface area contributed by atoms with Crippen LogP contribution in [0.25, 0.3) is 0 Å². The normalized spacial score (nSPS) is 10.2. The number of carboxylic acid groups (broad SMARTS) is 1. The van der Waals surface area contributed by atoms with Crippen LogP contribution in [0.2, 0.25) is 0 Å². The van der Waals surface area contributed by atoms with Gasteiger partial charge in [0.05, 0.1) is 15.9 Å². The number of rotatable bonds is 5. The zero-order valence-electron chi connectivity index (χ0n) is 16.3. The Balaban J connectivity index is 0.00000105. The highest BCUT2D eigenvalue weighted by atomic mass is 16.6. The smallest absolute Gasteiger partial charge is 0.338 e. The summed E-state index contributed by atoms with van der Waals surface area (Å²) in [5, 5.41) is 30.0. The van der Waals surface area contributed by atoms with Crippen LogP contribution in [-0.2, 0) is 15.0 Å². The van der Waals surface area contributed by atoms with Crippen LogP contribution in [0.5, 0.6) is 5.75 Å². The SMILES string of the molecule is C=C(C)C(=O)O.C=C(C)C(=O)Oc1c([N+](=O)[O-])cc([N+](=O)[O-])cc1C(C)(C)C. The number of nitrogens with zero attached hydrogens (tertiary/aromatic N) is 2. The summed E-state index contributed by atoms with van der Waals surface area (Å²) in [7, 11) is 0. The van der Waals surface area contributed by atoms with Crippen LogP contribution in [0, 0.1) is 20.2 Å². The van der Waals surface area contributed by atoms with Crippen LogP contribution in [-0.4, -0.2) is 26.9 Å². The lowest BCUT2D eigenvalue weighted by Gasteiger charge is -2.21. The lowest BCUT2D eigenvalue weighted by molar-refractivity contribution is -0.394. The van der Waals surface area contributed by atoms with Gasteiger partial charge in [-0.05, 0) is 19.3 Å². The minimum Gasteiger partial charge on any atom is -0.478 e. The fraction of sp³-hybridized carbons (Fsp3) is 0.333. The molecule has 0 aromatic heterocycles. The molecule has 1 N–H and O–H groups in total. The summed E-state index contributed by atoms with van der Waals surface area (Å²) >= 11 is 0. The van der Waals surface area contributed by atoms with Crippen molar-refractivity contribution < 1.29 is 29.3 Å². The molecule has 152 valence electrons. The van der Waals surface area contributed by atoms with Gasteiger partial charge >= 0.3 is 17.6 Å². The summed E-state index contributed by atoms with van der Waals surface area (Å²) in [4.78, 5) is 41.9. The van der Waals surface area contributed by atoms with Gasteiger partial charge in [0.25, 0.3) is 5.69 Å². The maximum atomic E-state index is 11.7. The number of carboxylic acids is 1. The molecule has 10 nitrogen and oxygen atoms in total. The first-order valence-electron chi connectivity index (χ1n) is 7.83. The molecule has 0 radical (unpaired) electrons. The highest BCUT2D eigenvalue weighted by Gasteiger charge is 2.32. The molecule has 0 heterocycles. The van der Waals surface area contributed by atoms with Crippen LogP contribution in [0.4, 0.5) is 11.4 Å². The van der Waals surface area contributed by atoms with E-state index in [2.05, 4.69) is 13.2 Å². The van der Waals surface area contributed by atoms with Gasteiger partial charge in [0.15, 0.2) is 0 Å². The fourth-order valence-corrected chi connectivity index (χ4v) is 1.68. The van der Waals surface area contributed by atoms with Gasteiger partial charge in [-0.2, -0.15) is 0 Å². The topological polar surface area (TPSA) is 150 Å². The van der Waals surface area contributed by atoms with Crippen LogP contribution in [0.1, 0.15) is 40.2 Å². The van der Waals surface area contributed by atoms with Crippen molar-refractivity contribution in [3.8, 4) is 5.75 Å². The number of ether oxygens (including phenoxy) is 1. The second-order valence-electron chi connectivity index (χ2n) is 6.86. The molecule has 1 aromatic rings. The van der Waals surface area contributed by atoms with Crippen molar-refractivity contribution >= 4 is 23.3 Å². The highest BCUT2D eigenvalue weighted by molar-refractivity contribution is 5.89. The molecule has 0 amide bonds. The number of carbonyl (C=O) groups is 2. The number of hydrogen-bond acceptors (Lipinski definition) is 7. The van der Waals surface area contributed by atoms with Gasteiger partial charge in [-0.15, -0.1) is 0 Å². The molecule has 0 bridgehead atoms. The molecule has 1 rings (SSSR count). The van der Waals surface area contributed by atoms with Gasteiger partial charge in [0.1, 0.15) is 0 Å². The molecular weight excluding hydrogens is 372 g/mol. The average Bonchev–Trinajstić information content (AvgIpc) is 2.53. The molecule has 0 fully saturated rings. The largest absolute Gasteiger partial charge is 0.478 e. The Morgan fingerprint density at radius 3 is 1.79 bits per heavy atom. The Bertz CT molecular complexity index is 838. The molecule has 0 aliphatic heterocycles. The number of nitro groups is 2. The summed E-state index contributed by atoms with van der Waals surface area (Å²) in [6, 6.07) is 1.95. The molecule has 28 heavy (non-hydrogen) atoms. The lowest BCUT2D eigenvalue weighted by atomic mass is 9.85. The molecule has 0 spiro atoms. The first-order chi connectivity index (χ1) is 12.6. The molecule has 0 atom stereocenters. The number of esters is 1. The average molecular weight is 394 g/mol. The third-order valence-electron chi connectivity index (χ3n) is 3.18. The van der Waals surface area contributed by atoms with Gasteiger partial charge in [-0.1, -0.05) is 33.9 Å². The number of non-ortho nitro benzene ring substituents is 1. The van der Waals surface area contributed by atoms with Crippen molar-refractivity contribution in [3.05, 3.63) is 62.2 Å². The van der Waals surface area contributed by atoms with E-state index >= 15 is 0 Å². The Hall–Kier alpha value is -3.56. The van der Waals surface area contributed by atoms with Crippen molar-refractivity contribution in [1.82, 2.24) is 0 Å². The van der Waals surface area contributed by atoms with Crippen molar-refractivity contribution in [2.24, 2.45) is 0 Å². The van der Waals surface area contributed by atoms with Crippen LogP contribution < -0.4 is 4.74 Å². The number of aliphatic carboxylic acids is 1. The van der Waals surface area contributed by atoms with Gasteiger partial charge in [0.2, 0.25) is 5.75 Å². The number of carbonyl (C=O) groups excluding carboxylic acids is 1. The molecule has 10 heteroatoms. The summed E-state index contributed by atoms with van der Waals surface area (Å²) < 4.78 is 5.06. The summed E-state index contributed by atoms with van der Waals surface area (Å²) in [6.45, 7) is 14.5. The van der Waals surface area contributed by atoms with Crippen molar-refractivity contribution in [2.75, 3.05) is 0 Å². The third kappa shape index (κ3) is 6.98. The van der Waals surface area contributed by atoms with E-state index in [1.54, 1.807) is 20.8 Å². The number of nitro benzene ring substituents is 2. The monoisotopic (exact) mass is 394 g/mol. The molecule has 0 aliphatic carbocycles. The second-order valence-corrected chi connectivity index (χ2v) is 6.86. The molecule has 0 saturated carbocycles. The van der Waals surface area contributed by atoms with Gasteiger partial charge in [-0.3, -0.25) is 20.2 Å². The minimum absolute atomic E-state index is 0.0625. The molecule has 0 aliphatic rings. The van der Waals surface area contributed by atoms with E-state index in [1.165, 1.54) is 19.9 Å². The maximum absolute atomic E-state index is 11.7. The Kier molecular flexibility index (Phi) is 8.20. The first-order valence-corrected chi connectivity index (χ1v) is 7.83. The van der Waals surface area contributed by atoms with Gasteiger partial charge in [-0.25, -0.2) is 9.59 Å². The van der Waals surface area contributed by atoms with Gasteiger partial charge in [0, 0.05) is 22.8 Å². The summed E-state index contributed by atoms with van der Waals surface area (Å²) in [5.41, 5.74) is -1.34. The Labute approximate surface area is 161 Å². The van der Waals surface area contributed by atoms with Crippen molar-refractivity contribution in [3.63, 3.8) is 0 Å². The Morgan fingerprint density at radius 2 is 1.50 bits per heavy atom. The zero-order chi connectivity index (χ0) is 22.4. The molecule has 0 unspecified atom stereocenters. The third-order valence-corrected chi connectivity index (χ3v) is 3.18. The van der Waals surface area contributed by atoms with Crippen LogP contribution in [0.15, 0.2) is 36.4 Å². The summed E-state index contributed by atoms with van der Waals surface area (Å²) in [5.74, 6) is -2.06. The predicted molar refractivity (Wildman–Crippen MR) is 101 cm³/mol. The van der Waals surface area contributed by atoms with Crippen LogP contribution in [0.3, 0.4) is 0 Å². The van der Waals surface area contributed by atoms with E-state index < -0.39 is 38.6 Å². The van der Waals surface area contributed by atoms with E-state index in [0.29, 0.717) is 0 Å². The zero-order valence-corrected chi connectivity index (χ0v) is 16.3. The van der Waals surface area contributed by atoms with E-state index in [1.807, 2.05) is 0 Å². The lowest BCUT2D eigenvalue weighted by Crippen LogP contribution is -2.18. The van der Waals surface area contributed by atoms with Crippen molar-refractivity contribution in [2.45, 2.75) is 40.0 Å². The molecular formula is C18H22N2O8. The van der Waals surface area contributed by atoms with E-state index in [9.17, 15) is 29.8 Å². The number of benzene rings is 1. The first kappa shape index (κ1) is 24.4. The molecule has 0 saturated heterocycles. The maximum Gasteiger partial charge on any atom is 0.338 e. The fourth-order valence-electron chi connectivity index (χ4n) is 1.68. The second kappa shape index (κ2) is 9.40. The highest BCUT2D eigenvalue weighted by Crippen LogP contribution is 2.41. The quantitative estimate of drug-likeness (QED) is 0.259. The van der Waals surface area contributed by atoms with Gasteiger partial charge < -0.3 is 9.84 Å². The molecule has 1 aromatic carbocycles. The number of hydrogen-bond donors (Lipinski definition) is 1. The van der Waals surface area contributed by atoms with Crippen molar-refractivity contribution in [1.29, 1.82) is 0 Å². The van der Waals surface area contributed by atoms with E-state index in [-0.39, 0.29) is 22.5 Å². The predicted octanol–water partition coefficient (Wildman–Crippen LogP) is 3.93. The van der Waals surface area contributed by atoms with E-state index in [0.717, 1.165) is 6.07 Å². The standard InChI is InChI=1S/C14H16N2O6.C4H6O2/c1-8(2)13(17)22-12-10(14(3,4)5)6-9(15(18)19)7-11(12)16(20)21;1-3(2)4(5)6/h6-7H,1H2,2-5H3;1H2,2H3,(H,5,6). The Morgan fingerprint density at radius 1 is 1.04 bits per heavy atom. The minimum atomic E-state index is -0.935. The van der Waals surface area contributed by atoms with Crippen LogP contribution >= 0.6 is 0 Å².